The van der Waals surface area contributed by atoms with Gasteiger partial charge in [-0.15, -0.1) is 0 Å². The highest BCUT2D eigenvalue weighted by Gasteiger charge is 2.43. The molecular formula is C29H35N3O2. The SMILES string of the molecule is CN1CCC(Cc2ccccc2)(C(=O)N2CCOC[C@@H](Cc3ccc4ccncc4c3)C2)CC1. The lowest BCUT2D eigenvalue weighted by Crippen LogP contribution is -2.52. The Balaban J connectivity index is 1.34. The van der Waals surface area contributed by atoms with Crippen LogP contribution < -0.4 is 0 Å². The summed E-state index contributed by atoms with van der Waals surface area (Å²) in [5, 5.41) is 2.37. The number of carbonyl (C=O) groups is 1. The van der Waals surface area contributed by atoms with E-state index in [1.165, 1.54) is 16.5 Å². The minimum atomic E-state index is -0.322. The Morgan fingerprint density at radius 1 is 1.03 bits per heavy atom. The second kappa shape index (κ2) is 10.2. The second-order valence-electron chi connectivity index (χ2n) is 10.2. The summed E-state index contributed by atoms with van der Waals surface area (Å²) in [5.41, 5.74) is 2.21. The number of amides is 1. The van der Waals surface area contributed by atoms with E-state index in [4.69, 9.17) is 4.74 Å². The first-order chi connectivity index (χ1) is 16.6. The second-order valence-corrected chi connectivity index (χ2v) is 10.2. The number of ether oxygens (including phenoxy) is 1. The van der Waals surface area contributed by atoms with E-state index in [1.807, 2.05) is 24.5 Å². The van der Waals surface area contributed by atoms with Gasteiger partial charge in [0.1, 0.15) is 0 Å². The molecule has 1 aromatic heterocycles. The van der Waals surface area contributed by atoms with Gasteiger partial charge in [0.05, 0.1) is 18.6 Å². The molecule has 34 heavy (non-hydrogen) atoms. The standard InChI is InChI=1S/C29H35N3O2/c1-31-13-10-29(11-14-31,19-23-5-3-2-4-6-23)28(33)32-15-16-34-22-25(21-32)17-24-7-8-26-9-12-30-20-27(26)18-24/h2-9,12,18,20,25H,10-11,13-17,19,21-22H2,1H3/t25-/m0/s1. The minimum Gasteiger partial charge on any atom is -0.379 e. The summed E-state index contributed by atoms with van der Waals surface area (Å²) in [4.78, 5) is 22.9. The van der Waals surface area contributed by atoms with Crippen LogP contribution in [0.1, 0.15) is 24.0 Å². The lowest BCUT2D eigenvalue weighted by Gasteiger charge is -2.42. The molecule has 2 aliphatic rings. The van der Waals surface area contributed by atoms with Gasteiger partial charge >= 0.3 is 0 Å². The normalized spacial score (nSPS) is 21.3. The molecule has 178 valence electrons. The molecule has 0 spiro atoms. The highest BCUT2D eigenvalue weighted by Crippen LogP contribution is 2.37. The van der Waals surface area contributed by atoms with Crippen molar-refractivity contribution in [3.8, 4) is 0 Å². The quantitative estimate of drug-likeness (QED) is 0.576. The number of aromatic nitrogens is 1. The molecule has 2 aromatic carbocycles. The summed E-state index contributed by atoms with van der Waals surface area (Å²) < 4.78 is 5.99. The first kappa shape index (κ1) is 23.0. The molecule has 1 atom stereocenters. The molecule has 5 rings (SSSR count). The number of benzene rings is 2. The Morgan fingerprint density at radius 3 is 2.68 bits per heavy atom. The van der Waals surface area contributed by atoms with Crippen LogP contribution in [0.2, 0.25) is 0 Å². The van der Waals surface area contributed by atoms with Gasteiger partial charge in [-0.1, -0.05) is 42.5 Å². The van der Waals surface area contributed by atoms with Gasteiger partial charge in [0, 0.05) is 36.8 Å². The van der Waals surface area contributed by atoms with E-state index in [1.54, 1.807) is 0 Å². The predicted octanol–water partition coefficient (Wildman–Crippen LogP) is 4.21. The van der Waals surface area contributed by atoms with Crippen LogP contribution in [0.3, 0.4) is 0 Å². The van der Waals surface area contributed by atoms with E-state index in [9.17, 15) is 4.79 Å². The van der Waals surface area contributed by atoms with Gasteiger partial charge in [-0.3, -0.25) is 9.78 Å². The summed E-state index contributed by atoms with van der Waals surface area (Å²) in [6, 6.07) is 19.2. The number of hydrogen-bond acceptors (Lipinski definition) is 4. The average Bonchev–Trinajstić information content (AvgIpc) is 3.11. The summed E-state index contributed by atoms with van der Waals surface area (Å²) >= 11 is 0. The maximum Gasteiger partial charge on any atom is 0.229 e. The Bertz CT molecular complexity index is 1110. The van der Waals surface area contributed by atoms with Crippen molar-refractivity contribution in [1.29, 1.82) is 0 Å². The highest BCUT2D eigenvalue weighted by atomic mass is 16.5. The van der Waals surface area contributed by atoms with E-state index in [0.29, 0.717) is 31.6 Å². The molecule has 2 aliphatic heterocycles. The lowest BCUT2D eigenvalue weighted by atomic mass is 9.72. The zero-order valence-corrected chi connectivity index (χ0v) is 20.2. The predicted molar refractivity (Wildman–Crippen MR) is 136 cm³/mol. The first-order valence-electron chi connectivity index (χ1n) is 12.5. The maximum absolute atomic E-state index is 14.2. The first-order valence-corrected chi connectivity index (χ1v) is 12.5. The van der Waals surface area contributed by atoms with Crippen LogP contribution in [0.4, 0.5) is 0 Å². The van der Waals surface area contributed by atoms with Gasteiger partial charge < -0.3 is 14.5 Å². The van der Waals surface area contributed by atoms with Gasteiger partial charge in [-0.25, -0.2) is 0 Å². The number of nitrogens with zero attached hydrogens (tertiary/aromatic N) is 3. The zero-order valence-electron chi connectivity index (χ0n) is 20.2. The molecule has 5 nitrogen and oxygen atoms in total. The third-order valence-electron chi connectivity index (χ3n) is 7.64. The smallest absolute Gasteiger partial charge is 0.229 e. The molecular weight excluding hydrogens is 422 g/mol. The topological polar surface area (TPSA) is 45.7 Å². The van der Waals surface area contributed by atoms with Crippen molar-refractivity contribution in [3.63, 3.8) is 0 Å². The average molecular weight is 458 g/mol. The van der Waals surface area contributed by atoms with Crippen LogP contribution in [-0.4, -0.2) is 67.1 Å². The van der Waals surface area contributed by atoms with E-state index in [2.05, 4.69) is 64.3 Å². The van der Waals surface area contributed by atoms with Gasteiger partial charge in [0.25, 0.3) is 0 Å². The number of fused-ring (bicyclic) bond motifs is 1. The van der Waals surface area contributed by atoms with E-state index < -0.39 is 0 Å². The van der Waals surface area contributed by atoms with E-state index >= 15 is 0 Å². The van der Waals surface area contributed by atoms with Crippen LogP contribution in [0, 0.1) is 11.3 Å². The molecule has 5 heteroatoms. The zero-order chi connectivity index (χ0) is 23.4. The fourth-order valence-electron chi connectivity index (χ4n) is 5.62. The Kier molecular flexibility index (Phi) is 6.93. The summed E-state index contributed by atoms with van der Waals surface area (Å²) in [7, 11) is 2.16. The molecule has 1 amide bonds. The van der Waals surface area contributed by atoms with Crippen molar-refractivity contribution >= 4 is 16.7 Å². The molecule has 0 unspecified atom stereocenters. The largest absolute Gasteiger partial charge is 0.379 e. The number of likely N-dealkylation sites (tertiary alicyclic amines) is 1. The number of carbonyl (C=O) groups excluding carboxylic acids is 1. The van der Waals surface area contributed by atoms with Crippen molar-refractivity contribution < 1.29 is 9.53 Å². The summed E-state index contributed by atoms with van der Waals surface area (Å²) in [5.74, 6) is 0.614. The molecule has 2 fully saturated rings. The fourth-order valence-corrected chi connectivity index (χ4v) is 5.62. The highest BCUT2D eigenvalue weighted by molar-refractivity contribution is 5.83. The number of piperidine rings is 1. The van der Waals surface area contributed by atoms with Crippen LogP contribution in [-0.2, 0) is 22.4 Å². The fraction of sp³-hybridized carbons (Fsp3) is 0.448. The Labute approximate surface area is 202 Å². The van der Waals surface area contributed by atoms with Crippen molar-refractivity contribution in [3.05, 3.63) is 78.1 Å². The van der Waals surface area contributed by atoms with Crippen LogP contribution in [0.25, 0.3) is 10.8 Å². The summed E-state index contributed by atoms with van der Waals surface area (Å²) in [6.45, 7) is 4.70. The van der Waals surface area contributed by atoms with Gasteiger partial charge in [-0.2, -0.15) is 0 Å². The van der Waals surface area contributed by atoms with Gasteiger partial charge in [0.2, 0.25) is 5.91 Å². The third kappa shape index (κ3) is 5.16. The van der Waals surface area contributed by atoms with Gasteiger partial charge in [0.15, 0.2) is 0 Å². The molecule has 0 saturated carbocycles. The third-order valence-corrected chi connectivity index (χ3v) is 7.64. The number of pyridine rings is 1. The minimum absolute atomic E-state index is 0.292. The van der Waals surface area contributed by atoms with Crippen molar-refractivity contribution in [2.24, 2.45) is 11.3 Å². The molecule has 2 saturated heterocycles. The van der Waals surface area contributed by atoms with Crippen LogP contribution in [0.5, 0.6) is 0 Å². The lowest BCUT2D eigenvalue weighted by molar-refractivity contribution is -0.145. The molecule has 3 aromatic rings. The van der Waals surface area contributed by atoms with Crippen LogP contribution in [0.15, 0.2) is 67.0 Å². The molecule has 0 bridgehead atoms. The molecule has 0 radical (unpaired) electrons. The molecule has 0 aliphatic carbocycles. The van der Waals surface area contributed by atoms with Crippen molar-refractivity contribution in [2.45, 2.75) is 25.7 Å². The molecule has 3 heterocycles. The Morgan fingerprint density at radius 2 is 1.85 bits per heavy atom. The number of hydrogen-bond donors (Lipinski definition) is 0. The van der Waals surface area contributed by atoms with Crippen LogP contribution >= 0.6 is 0 Å². The number of rotatable bonds is 5. The maximum atomic E-state index is 14.2. The monoisotopic (exact) mass is 457 g/mol. The van der Waals surface area contributed by atoms with E-state index in [0.717, 1.165) is 50.7 Å². The van der Waals surface area contributed by atoms with Crippen molar-refractivity contribution in [1.82, 2.24) is 14.8 Å². The van der Waals surface area contributed by atoms with E-state index in [-0.39, 0.29) is 5.41 Å². The van der Waals surface area contributed by atoms with Crippen molar-refractivity contribution in [2.75, 3.05) is 46.4 Å². The molecule has 0 N–H and O–H groups in total. The summed E-state index contributed by atoms with van der Waals surface area (Å²) in [6.07, 6.45) is 7.31. The Hall–Kier alpha value is -2.76. The van der Waals surface area contributed by atoms with Gasteiger partial charge in [-0.05, 0) is 74.5 Å².